The van der Waals surface area contributed by atoms with Crippen LogP contribution in [0.5, 0.6) is 11.6 Å². The molecule has 0 aliphatic heterocycles. The monoisotopic (exact) mass is 329 g/mol. The van der Waals surface area contributed by atoms with E-state index in [0.717, 1.165) is 16.6 Å². The van der Waals surface area contributed by atoms with Crippen LogP contribution in [0.1, 0.15) is 11.5 Å². The summed E-state index contributed by atoms with van der Waals surface area (Å²) < 4.78 is 6.56. The van der Waals surface area contributed by atoms with E-state index in [4.69, 9.17) is 4.74 Å². The summed E-state index contributed by atoms with van der Waals surface area (Å²) >= 11 is 3.34. The quantitative estimate of drug-likeness (QED) is 0.661. The van der Waals surface area contributed by atoms with E-state index in [2.05, 4.69) is 30.9 Å². The van der Waals surface area contributed by atoms with E-state index in [9.17, 15) is 0 Å². The van der Waals surface area contributed by atoms with E-state index >= 15 is 0 Å². The highest BCUT2D eigenvalue weighted by Crippen LogP contribution is 2.28. The van der Waals surface area contributed by atoms with Crippen LogP contribution in [0, 0.1) is 13.8 Å². The SMILES string of the molecule is Cc1ccc2cccc(Oc3cc(Br)nc(C)n3)c2n1. The van der Waals surface area contributed by atoms with E-state index in [1.54, 1.807) is 6.07 Å². The van der Waals surface area contributed by atoms with Crippen molar-refractivity contribution in [1.29, 1.82) is 0 Å². The fourth-order valence-electron chi connectivity index (χ4n) is 1.97. The lowest BCUT2D eigenvalue weighted by Crippen LogP contribution is -1.95. The Labute approximate surface area is 125 Å². The van der Waals surface area contributed by atoms with Gasteiger partial charge in [-0.2, -0.15) is 4.98 Å². The van der Waals surface area contributed by atoms with Gasteiger partial charge in [0.1, 0.15) is 15.9 Å². The zero-order chi connectivity index (χ0) is 14.1. The number of para-hydroxylation sites is 1. The van der Waals surface area contributed by atoms with Gasteiger partial charge in [-0.15, -0.1) is 0 Å². The third-order valence-electron chi connectivity index (χ3n) is 2.82. The average Bonchev–Trinajstić information content (AvgIpc) is 2.38. The second-order valence-electron chi connectivity index (χ2n) is 4.46. The smallest absolute Gasteiger partial charge is 0.223 e. The van der Waals surface area contributed by atoms with Crippen LogP contribution in [-0.4, -0.2) is 15.0 Å². The summed E-state index contributed by atoms with van der Waals surface area (Å²) in [6, 6.07) is 11.6. The first-order chi connectivity index (χ1) is 9.61. The first-order valence-corrected chi connectivity index (χ1v) is 6.96. The predicted octanol–water partition coefficient (Wildman–Crippen LogP) is 4.20. The Morgan fingerprint density at radius 2 is 1.85 bits per heavy atom. The minimum Gasteiger partial charge on any atom is -0.437 e. The standard InChI is InChI=1S/C15H12BrN3O/c1-9-6-7-11-4-3-5-12(15(11)17-9)20-14-8-13(16)18-10(2)19-14/h3-8H,1-2H3. The second kappa shape index (κ2) is 5.17. The first-order valence-electron chi connectivity index (χ1n) is 6.17. The maximum Gasteiger partial charge on any atom is 0.223 e. The molecule has 0 saturated carbocycles. The molecular weight excluding hydrogens is 318 g/mol. The van der Waals surface area contributed by atoms with E-state index < -0.39 is 0 Å². The average molecular weight is 330 g/mol. The van der Waals surface area contributed by atoms with Gasteiger partial charge >= 0.3 is 0 Å². The van der Waals surface area contributed by atoms with E-state index in [0.29, 0.717) is 22.1 Å². The molecular formula is C15H12BrN3O. The lowest BCUT2D eigenvalue weighted by atomic mass is 10.2. The Balaban J connectivity index is 2.08. The molecule has 100 valence electrons. The summed E-state index contributed by atoms with van der Waals surface area (Å²) in [6.07, 6.45) is 0. The van der Waals surface area contributed by atoms with Gasteiger partial charge in [-0.1, -0.05) is 18.2 Å². The number of rotatable bonds is 2. The number of ether oxygens (including phenoxy) is 1. The zero-order valence-electron chi connectivity index (χ0n) is 11.1. The molecule has 0 aliphatic rings. The predicted molar refractivity (Wildman–Crippen MR) is 81.0 cm³/mol. The van der Waals surface area contributed by atoms with Crippen molar-refractivity contribution in [3.05, 3.63) is 52.5 Å². The Hall–Kier alpha value is -2.01. The van der Waals surface area contributed by atoms with Crippen LogP contribution in [0.25, 0.3) is 10.9 Å². The molecule has 2 aromatic heterocycles. The fraction of sp³-hybridized carbons (Fsp3) is 0.133. The molecule has 0 fully saturated rings. The molecule has 4 nitrogen and oxygen atoms in total. The van der Waals surface area contributed by atoms with Crippen LogP contribution in [0.4, 0.5) is 0 Å². The van der Waals surface area contributed by atoms with Crippen molar-refractivity contribution in [2.45, 2.75) is 13.8 Å². The zero-order valence-corrected chi connectivity index (χ0v) is 12.7. The summed E-state index contributed by atoms with van der Waals surface area (Å²) in [7, 11) is 0. The summed E-state index contributed by atoms with van der Waals surface area (Å²) in [5.41, 5.74) is 1.79. The molecule has 0 atom stereocenters. The Kier molecular flexibility index (Phi) is 3.36. The Bertz CT molecular complexity index is 769. The van der Waals surface area contributed by atoms with Gasteiger partial charge in [0, 0.05) is 17.1 Å². The van der Waals surface area contributed by atoms with Crippen molar-refractivity contribution in [3.63, 3.8) is 0 Å². The molecule has 0 radical (unpaired) electrons. The Morgan fingerprint density at radius 3 is 2.65 bits per heavy atom. The lowest BCUT2D eigenvalue weighted by molar-refractivity contribution is 0.463. The number of hydrogen-bond donors (Lipinski definition) is 0. The number of halogens is 1. The molecule has 3 aromatic rings. The van der Waals surface area contributed by atoms with Crippen LogP contribution in [-0.2, 0) is 0 Å². The minimum absolute atomic E-state index is 0.500. The van der Waals surface area contributed by atoms with Gasteiger partial charge < -0.3 is 4.74 Å². The summed E-state index contributed by atoms with van der Waals surface area (Å²) in [6.45, 7) is 3.78. The van der Waals surface area contributed by atoms with Gasteiger partial charge in [-0.05, 0) is 41.9 Å². The first kappa shape index (κ1) is 13.0. The van der Waals surface area contributed by atoms with E-state index in [1.807, 2.05) is 44.2 Å². The molecule has 0 amide bonds. The van der Waals surface area contributed by atoms with Crippen molar-refractivity contribution in [3.8, 4) is 11.6 Å². The molecule has 0 spiro atoms. The summed E-state index contributed by atoms with van der Waals surface area (Å²) in [5.74, 6) is 1.84. The van der Waals surface area contributed by atoms with Crippen LogP contribution >= 0.6 is 15.9 Å². The molecule has 0 saturated heterocycles. The molecule has 1 aromatic carbocycles. The maximum absolute atomic E-state index is 5.86. The molecule has 0 N–H and O–H groups in total. The second-order valence-corrected chi connectivity index (χ2v) is 5.27. The molecule has 20 heavy (non-hydrogen) atoms. The molecule has 2 heterocycles. The molecule has 5 heteroatoms. The van der Waals surface area contributed by atoms with Crippen LogP contribution in [0.3, 0.4) is 0 Å². The number of nitrogens with zero attached hydrogens (tertiary/aromatic N) is 3. The topological polar surface area (TPSA) is 47.9 Å². The summed E-state index contributed by atoms with van der Waals surface area (Å²) in [4.78, 5) is 13.0. The number of pyridine rings is 1. The van der Waals surface area contributed by atoms with Crippen molar-refractivity contribution in [1.82, 2.24) is 15.0 Å². The van der Waals surface area contributed by atoms with Crippen molar-refractivity contribution in [2.75, 3.05) is 0 Å². The fourth-order valence-corrected chi connectivity index (χ4v) is 2.42. The van der Waals surface area contributed by atoms with Gasteiger partial charge in [-0.25, -0.2) is 9.97 Å². The highest BCUT2D eigenvalue weighted by molar-refractivity contribution is 9.10. The largest absolute Gasteiger partial charge is 0.437 e. The highest BCUT2D eigenvalue weighted by atomic mass is 79.9. The Morgan fingerprint density at radius 1 is 1.00 bits per heavy atom. The van der Waals surface area contributed by atoms with Gasteiger partial charge in [0.05, 0.1) is 0 Å². The van der Waals surface area contributed by atoms with E-state index in [1.165, 1.54) is 0 Å². The van der Waals surface area contributed by atoms with Gasteiger partial charge in [-0.3, -0.25) is 0 Å². The van der Waals surface area contributed by atoms with Gasteiger partial charge in [0.25, 0.3) is 0 Å². The highest BCUT2D eigenvalue weighted by Gasteiger charge is 2.07. The van der Waals surface area contributed by atoms with Crippen molar-refractivity contribution >= 4 is 26.8 Å². The molecule has 0 aliphatic carbocycles. The number of aromatic nitrogens is 3. The maximum atomic E-state index is 5.86. The van der Waals surface area contributed by atoms with Crippen molar-refractivity contribution in [2.24, 2.45) is 0 Å². The molecule has 0 unspecified atom stereocenters. The normalized spacial score (nSPS) is 10.8. The van der Waals surface area contributed by atoms with Crippen LogP contribution in [0.2, 0.25) is 0 Å². The minimum atomic E-state index is 0.500. The third-order valence-corrected chi connectivity index (χ3v) is 3.23. The number of hydrogen-bond acceptors (Lipinski definition) is 4. The number of aryl methyl sites for hydroxylation is 2. The van der Waals surface area contributed by atoms with Crippen LogP contribution in [0.15, 0.2) is 41.0 Å². The number of benzene rings is 1. The third kappa shape index (κ3) is 2.63. The van der Waals surface area contributed by atoms with Crippen molar-refractivity contribution < 1.29 is 4.74 Å². The number of fused-ring (bicyclic) bond motifs is 1. The summed E-state index contributed by atoms with van der Waals surface area (Å²) in [5, 5.41) is 1.04. The van der Waals surface area contributed by atoms with E-state index in [-0.39, 0.29) is 0 Å². The lowest BCUT2D eigenvalue weighted by Gasteiger charge is -2.08. The van der Waals surface area contributed by atoms with Crippen LogP contribution < -0.4 is 4.74 Å². The van der Waals surface area contributed by atoms with Gasteiger partial charge in [0.15, 0.2) is 5.75 Å². The van der Waals surface area contributed by atoms with Gasteiger partial charge in [0.2, 0.25) is 5.88 Å². The molecule has 0 bridgehead atoms. The molecule has 3 rings (SSSR count).